The molecule has 0 bridgehead atoms. The predicted octanol–water partition coefficient (Wildman–Crippen LogP) is 4.55. The Morgan fingerprint density at radius 1 is 1.09 bits per heavy atom. The number of carbonyl (C=O) groups is 3. The number of fused-ring (bicyclic) bond motifs is 1. The Morgan fingerprint density at radius 2 is 1.88 bits per heavy atom. The number of amides is 3. The monoisotopic (exact) mass is 457 g/mol. The largest absolute Gasteiger partial charge is 0.467 e. The first-order valence-corrected chi connectivity index (χ1v) is 11.2. The summed E-state index contributed by atoms with van der Waals surface area (Å²) < 4.78 is 11.2. The third-order valence-electron chi connectivity index (χ3n) is 5.86. The van der Waals surface area contributed by atoms with E-state index in [4.69, 9.17) is 8.83 Å². The first-order chi connectivity index (χ1) is 16.5. The highest BCUT2D eigenvalue weighted by Crippen LogP contribution is 2.30. The third-order valence-corrected chi connectivity index (χ3v) is 5.86. The number of hydrogen-bond acceptors (Lipinski definition) is 6. The maximum atomic E-state index is 13.3. The zero-order valence-corrected chi connectivity index (χ0v) is 18.6. The third kappa shape index (κ3) is 3.98. The van der Waals surface area contributed by atoms with E-state index < -0.39 is 11.9 Å². The summed E-state index contributed by atoms with van der Waals surface area (Å²) in [4.78, 5) is 46.1. The number of imide groups is 1. The van der Waals surface area contributed by atoms with Crippen LogP contribution < -0.4 is 4.90 Å². The molecule has 3 amide bonds. The highest BCUT2D eigenvalue weighted by Gasteiger charge is 2.44. The molecule has 4 aromatic rings. The average molecular weight is 457 g/mol. The number of benzene rings is 2. The molecule has 1 aliphatic heterocycles. The van der Waals surface area contributed by atoms with Gasteiger partial charge in [-0.1, -0.05) is 19.1 Å². The van der Waals surface area contributed by atoms with Gasteiger partial charge < -0.3 is 13.7 Å². The second-order valence-corrected chi connectivity index (χ2v) is 8.17. The summed E-state index contributed by atoms with van der Waals surface area (Å²) in [5, 5.41) is 0. The first-order valence-electron chi connectivity index (χ1n) is 11.2. The number of hydrogen-bond donors (Lipinski definition) is 0. The van der Waals surface area contributed by atoms with Crippen molar-refractivity contribution in [2.75, 3.05) is 4.90 Å². The van der Waals surface area contributed by atoms with Gasteiger partial charge in [-0.15, -0.1) is 0 Å². The molecule has 8 heteroatoms. The highest BCUT2D eigenvalue weighted by molar-refractivity contribution is 6.23. The Labute approximate surface area is 195 Å². The molecule has 172 valence electrons. The van der Waals surface area contributed by atoms with Crippen molar-refractivity contribution >= 4 is 34.5 Å². The van der Waals surface area contributed by atoms with E-state index in [-0.39, 0.29) is 31.2 Å². The van der Waals surface area contributed by atoms with E-state index in [9.17, 15) is 14.4 Å². The van der Waals surface area contributed by atoms with Crippen molar-refractivity contribution in [1.29, 1.82) is 0 Å². The maximum absolute atomic E-state index is 13.3. The standard InChI is InChI=1S/C26H23N3O5/c1-2-6-23(30)28(16-19-7-5-14-33-19)21-15-24(31)29(26(21)32)18-12-10-17(11-13-18)25-27-20-8-3-4-9-22(20)34-25/h3-5,7-14,21H,2,6,15-16H2,1H3. The molecule has 0 saturated carbocycles. The quantitative estimate of drug-likeness (QED) is 0.378. The summed E-state index contributed by atoms with van der Waals surface area (Å²) in [6.07, 6.45) is 2.38. The molecule has 34 heavy (non-hydrogen) atoms. The van der Waals surface area contributed by atoms with Gasteiger partial charge in [0.05, 0.1) is 24.9 Å². The number of furan rings is 1. The van der Waals surface area contributed by atoms with Crippen molar-refractivity contribution in [2.24, 2.45) is 0 Å². The Kier molecular flexibility index (Phi) is 5.71. The van der Waals surface area contributed by atoms with Crippen molar-refractivity contribution in [3.05, 3.63) is 72.7 Å². The molecule has 1 aliphatic rings. The SMILES string of the molecule is CCCC(=O)N(Cc1ccco1)C1CC(=O)N(c2ccc(-c3nc4ccccc4o3)cc2)C1=O. The van der Waals surface area contributed by atoms with E-state index >= 15 is 0 Å². The van der Waals surface area contributed by atoms with Crippen LogP contribution in [0.5, 0.6) is 0 Å². The van der Waals surface area contributed by atoms with Gasteiger partial charge in [0.25, 0.3) is 5.91 Å². The fourth-order valence-electron chi connectivity index (χ4n) is 4.18. The van der Waals surface area contributed by atoms with Gasteiger partial charge in [-0.25, -0.2) is 9.88 Å². The normalized spacial score (nSPS) is 15.9. The summed E-state index contributed by atoms with van der Waals surface area (Å²) in [6, 6.07) is 17.0. The lowest BCUT2D eigenvalue weighted by Gasteiger charge is -2.26. The van der Waals surface area contributed by atoms with Gasteiger partial charge in [0.15, 0.2) is 5.58 Å². The van der Waals surface area contributed by atoms with E-state index in [0.717, 1.165) is 16.0 Å². The van der Waals surface area contributed by atoms with Crippen LogP contribution in [0.4, 0.5) is 5.69 Å². The van der Waals surface area contributed by atoms with Crippen LogP contribution in [0.2, 0.25) is 0 Å². The number of para-hydroxylation sites is 2. The average Bonchev–Trinajstić information content (AvgIpc) is 3.57. The fourth-order valence-corrected chi connectivity index (χ4v) is 4.18. The van der Waals surface area contributed by atoms with Gasteiger partial charge in [-0.05, 0) is 55.0 Å². The molecule has 8 nitrogen and oxygen atoms in total. The molecule has 1 unspecified atom stereocenters. The number of anilines is 1. The van der Waals surface area contributed by atoms with Crippen molar-refractivity contribution in [1.82, 2.24) is 9.88 Å². The Hall–Kier alpha value is -4.20. The zero-order chi connectivity index (χ0) is 23.7. The lowest BCUT2D eigenvalue weighted by molar-refractivity contribution is -0.139. The van der Waals surface area contributed by atoms with Crippen molar-refractivity contribution in [3.63, 3.8) is 0 Å². The summed E-state index contributed by atoms with van der Waals surface area (Å²) in [7, 11) is 0. The van der Waals surface area contributed by atoms with Crippen molar-refractivity contribution in [2.45, 2.75) is 38.8 Å². The lowest BCUT2D eigenvalue weighted by Crippen LogP contribution is -2.45. The molecule has 5 rings (SSSR count). The number of oxazole rings is 1. The minimum Gasteiger partial charge on any atom is -0.467 e. The van der Waals surface area contributed by atoms with Gasteiger partial charge in [0.1, 0.15) is 17.3 Å². The first kappa shape index (κ1) is 21.6. The maximum Gasteiger partial charge on any atom is 0.257 e. The van der Waals surface area contributed by atoms with Crippen LogP contribution in [0.15, 0.2) is 75.8 Å². The summed E-state index contributed by atoms with van der Waals surface area (Å²) >= 11 is 0. The van der Waals surface area contributed by atoms with E-state index in [2.05, 4.69) is 4.98 Å². The highest BCUT2D eigenvalue weighted by atomic mass is 16.3. The molecule has 0 aliphatic carbocycles. The van der Waals surface area contributed by atoms with Crippen LogP contribution in [-0.2, 0) is 20.9 Å². The molecule has 3 heterocycles. The number of rotatable bonds is 7. The Bertz CT molecular complexity index is 1310. The molecule has 2 aromatic carbocycles. The Balaban J connectivity index is 1.39. The molecule has 1 atom stereocenters. The number of aromatic nitrogens is 1. The van der Waals surface area contributed by atoms with Gasteiger partial charge >= 0.3 is 0 Å². The molecule has 0 radical (unpaired) electrons. The minimum atomic E-state index is -0.867. The van der Waals surface area contributed by atoms with Crippen LogP contribution in [0, 0.1) is 0 Å². The number of nitrogens with zero attached hydrogens (tertiary/aromatic N) is 3. The van der Waals surface area contributed by atoms with Crippen molar-refractivity contribution < 1.29 is 23.2 Å². The minimum absolute atomic E-state index is 0.0676. The summed E-state index contributed by atoms with van der Waals surface area (Å²) in [5.41, 5.74) is 2.61. The predicted molar refractivity (Wildman–Crippen MR) is 125 cm³/mol. The molecule has 1 fully saturated rings. The van der Waals surface area contributed by atoms with Crippen LogP contribution in [-0.4, -0.2) is 33.6 Å². The van der Waals surface area contributed by atoms with Gasteiger partial charge in [0, 0.05) is 12.0 Å². The van der Waals surface area contributed by atoms with E-state index in [1.807, 2.05) is 31.2 Å². The van der Waals surface area contributed by atoms with Crippen LogP contribution in [0.1, 0.15) is 31.9 Å². The summed E-state index contributed by atoms with van der Waals surface area (Å²) in [6.45, 7) is 2.04. The van der Waals surface area contributed by atoms with Gasteiger partial charge in [0.2, 0.25) is 17.7 Å². The molecule has 0 N–H and O–H groups in total. The molecule has 1 saturated heterocycles. The Morgan fingerprint density at radius 3 is 2.59 bits per heavy atom. The van der Waals surface area contributed by atoms with E-state index in [0.29, 0.717) is 29.3 Å². The van der Waals surface area contributed by atoms with E-state index in [1.165, 1.54) is 11.2 Å². The molecular weight excluding hydrogens is 434 g/mol. The topological polar surface area (TPSA) is 96.9 Å². The van der Waals surface area contributed by atoms with Crippen LogP contribution in [0.3, 0.4) is 0 Å². The lowest BCUT2D eigenvalue weighted by atomic mass is 10.1. The van der Waals surface area contributed by atoms with Crippen LogP contribution in [0.25, 0.3) is 22.6 Å². The molecule has 0 spiro atoms. The second-order valence-electron chi connectivity index (χ2n) is 8.17. The van der Waals surface area contributed by atoms with Gasteiger partial charge in [-0.3, -0.25) is 14.4 Å². The van der Waals surface area contributed by atoms with E-state index in [1.54, 1.807) is 36.4 Å². The van der Waals surface area contributed by atoms with Gasteiger partial charge in [-0.2, -0.15) is 0 Å². The number of carbonyl (C=O) groups excluding carboxylic acids is 3. The molecule has 2 aromatic heterocycles. The van der Waals surface area contributed by atoms with Crippen molar-refractivity contribution in [3.8, 4) is 11.5 Å². The molecular formula is C26H23N3O5. The second kappa shape index (κ2) is 8.97. The smallest absolute Gasteiger partial charge is 0.257 e. The summed E-state index contributed by atoms with van der Waals surface area (Å²) in [5.74, 6) is 0.0671. The fraction of sp³-hybridized carbons (Fsp3) is 0.231. The van der Waals surface area contributed by atoms with Crippen LogP contribution >= 0.6 is 0 Å². The zero-order valence-electron chi connectivity index (χ0n) is 18.6.